The van der Waals surface area contributed by atoms with Crippen LogP contribution in [0, 0.1) is 5.92 Å². The highest BCUT2D eigenvalue weighted by atomic mass is 19.3. The Morgan fingerprint density at radius 2 is 2.18 bits per heavy atom. The van der Waals surface area contributed by atoms with Gasteiger partial charge in [-0.2, -0.15) is 8.78 Å². The highest BCUT2D eigenvalue weighted by Crippen LogP contribution is 2.30. The standard InChI is InChI=1S/C16H21F2NO3/c17-16(18)22-13-6-2-5-12(9-13)14(20)10-19-15(21)8-7-11-3-1-4-11/h2,5-6,9,11,14,16,20H,1,3-4,7-8,10H2,(H,19,21). The van der Waals surface area contributed by atoms with E-state index in [0.717, 1.165) is 6.42 Å². The summed E-state index contributed by atoms with van der Waals surface area (Å²) in [6.45, 7) is -2.85. The maximum atomic E-state index is 12.1. The van der Waals surface area contributed by atoms with E-state index in [0.29, 0.717) is 17.9 Å². The molecular weight excluding hydrogens is 292 g/mol. The number of carbonyl (C=O) groups is 1. The van der Waals surface area contributed by atoms with Gasteiger partial charge in [0.05, 0.1) is 6.10 Å². The lowest BCUT2D eigenvalue weighted by Crippen LogP contribution is -2.29. The molecule has 0 heterocycles. The van der Waals surface area contributed by atoms with E-state index in [-0.39, 0.29) is 18.2 Å². The topological polar surface area (TPSA) is 58.6 Å². The van der Waals surface area contributed by atoms with E-state index in [1.165, 1.54) is 37.5 Å². The van der Waals surface area contributed by atoms with Crippen molar-refractivity contribution in [3.63, 3.8) is 0 Å². The second-order valence-electron chi connectivity index (χ2n) is 5.61. The molecule has 0 radical (unpaired) electrons. The van der Waals surface area contributed by atoms with Gasteiger partial charge < -0.3 is 15.2 Å². The highest BCUT2D eigenvalue weighted by Gasteiger charge is 2.18. The lowest BCUT2D eigenvalue weighted by molar-refractivity contribution is -0.122. The molecule has 0 aromatic heterocycles. The Morgan fingerprint density at radius 3 is 2.82 bits per heavy atom. The quantitative estimate of drug-likeness (QED) is 0.775. The number of aliphatic hydroxyl groups excluding tert-OH is 1. The smallest absolute Gasteiger partial charge is 0.387 e. The Balaban J connectivity index is 1.75. The van der Waals surface area contributed by atoms with Gasteiger partial charge >= 0.3 is 6.61 Å². The molecule has 0 aliphatic heterocycles. The Labute approximate surface area is 128 Å². The largest absolute Gasteiger partial charge is 0.435 e. The zero-order valence-electron chi connectivity index (χ0n) is 12.3. The van der Waals surface area contributed by atoms with Gasteiger partial charge in [-0.3, -0.25) is 4.79 Å². The molecule has 2 rings (SSSR count). The third-order valence-corrected chi connectivity index (χ3v) is 3.97. The second-order valence-corrected chi connectivity index (χ2v) is 5.61. The van der Waals surface area contributed by atoms with Crippen molar-refractivity contribution in [2.45, 2.75) is 44.8 Å². The number of rotatable bonds is 8. The first-order valence-corrected chi connectivity index (χ1v) is 7.54. The minimum Gasteiger partial charge on any atom is -0.435 e. The van der Waals surface area contributed by atoms with Crippen LogP contribution in [-0.4, -0.2) is 24.2 Å². The van der Waals surface area contributed by atoms with Gasteiger partial charge in [0.2, 0.25) is 5.91 Å². The van der Waals surface area contributed by atoms with Crippen LogP contribution < -0.4 is 10.1 Å². The first kappa shape index (κ1) is 16.7. The van der Waals surface area contributed by atoms with Crippen LogP contribution in [-0.2, 0) is 4.79 Å². The van der Waals surface area contributed by atoms with E-state index < -0.39 is 12.7 Å². The highest BCUT2D eigenvalue weighted by molar-refractivity contribution is 5.75. The maximum Gasteiger partial charge on any atom is 0.387 e. The average molecular weight is 313 g/mol. The van der Waals surface area contributed by atoms with Crippen molar-refractivity contribution in [3.8, 4) is 5.75 Å². The van der Waals surface area contributed by atoms with Gasteiger partial charge in [-0.05, 0) is 30.0 Å². The first-order valence-electron chi connectivity index (χ1n) is 7.54. The molecule has 1 saturated carbocycles. The van der Waals surface area contributed by atoms with Gasteiger partial charge in [-0.1, -0.05) is 31.4 Å². The molecule has 1 atom stereocenters. The lowest BCUT2D eigenvalue weighted by Gasteiger charge is -2.24. The molecule has 0 saturated heterocycles. The van der Waals surface area contributed by atoms with E-state index >= 15 is 0 Å². The number of hydrogen-bond acceptors (Lipinski definition) is 3. The van der Waals surface area contributed by atoms with Gasteiger partial charge in [0, 0.05) is 13.0 Å². The zero-order valence-corrected chi connectivity index (χ0v) is 12.3. The van der Waals surface area contributed by atoms with Crippen LogP contribution in [0.3, 0.4) is 0 Å². The fourth-order valence-corrected chi connectivity index (χ4v) is 2.43. The maximum absolute atomic E-state index is 12.1. The number of nitrogens with one attached hydrogen (secondary N) is 1. The van der Waals surface area contributed by atoms with Gasteiger partial charge in [0.1, 0.15) is 5.75 Å². The number of carbonyl (C=O) groups excluding carboxylic acids is 1. The van der Waals surface area contributed by atoms with Crippen molar-refractivity contribution in [1.29, 1.82) is 0 Å². The van der Waals surface area contributed by atoms with E-state index in [2.05, 4.69) is 10.1 Å². The molecule has 1 fully saturated rings. The van der Waals surface area contributed by atoms with Gasteiger partial charge in [0.25, 0.3) is 0 Å². The van der Waals surface area contributed by atoms with Crippen LogP contribution in [0.1, 0.15) is 43.8 Å². The molecule has 4 nitrogen and oxygen atoms in total. The summed E-state index contributed by atoms with van der Waals surface area (Å²) < 4.78 is 28.6. The number of aliphatic hydroxyl groups is 1. The minimum absolute atomic E-state index is 0.0112. The van der Waals surface area contributed by atoms with Crippen molar-refractivity contribution in [3.05, 3.63) is 29.8 Å². The van der Waals surface area contributed by atoms with Crippen molar-refractivity contribution in [2.24, 2.45) is 5.92 Å². The summed E-state index contributed by atoms with van der Waals surface area (Å²) >= 11 is 0. The summed E-state index contributed by atoms with van der Waals surface area (Å²) in [6.07, 6.45) is 4.06. The van der Waals surface area contributed by atoms with Crippen molar-refractivity contribution in [2.75, 3.05) is 6.54 Å². The van der Waals surface area contributed by atoms with E-state index in [1.807, 2.05) is 0 Å². The van der Waals surface area contributed by atoms with Gasteiger partial charge in [-0.25, -0.2) is 0 Å². The molecule has 0 spiro atoms. The Bertz CT molecular complexity index is 492. The fraction of sp³-hybridized carbons (Fsp3) is 0.562. The summed E-state index contributed by atoms with van der Waals surface area (Å²) in [4.78, 5) is 11.7. The molecule has 1 aromatic rings. The van der Waals surface area contributed by atoms with Crippen LogP contribution in [0.4, 0.5) is 8.78 Å². The number of hydrogen-bond donors (Lipinski definition) is 2. The van der Waals surface area contributed by atoms with Crippen molar-refractivity contribution in [1.82, 2.24) is 5.32 Å². The van der Waals surface area contributed by atoms with E-state index in [4.69, 9.17) is 0 Å². The number of amides is 1. The van der Waals surface area contributed by atoms with E-state index in [9.17, 15) is 18.7 Å². The summed E-state index contributed by atoms with van der Waals surface area (Å²) in [7, 11) is 0. The Hall–Kier alpha value is -1.69. The molecule has 1 aliphatic carbocycles. The molecule has 122 valence electrons. The summed E-state index contributed by atoms with van der Waals surface area (Å²) in [5.74, 6) is 0.563. The van der Waals surface area contributed by atoms with Crippen LogP contribution in [0.15, 0.2) is 24.3 Å². The lowest BCUT2D eigenvalue weighted by atomic mass is 9.82. The van der Waals surface area contributed by atoms with Crippen LogP contribution >= 0.6 is 0 Å². The fourth-order valence-electron chi connectivity index (χ4n) is 2.43. The molecule has 1 unspecified atom stereocenters. The zero-order chi connectivity index (χ0) is 15.9. The third-order valence-electron chi connectivity index (χ3n) is 3.97. The number of alkyl halides is 2. The molecule has 1 aliphatic rings. The average Bonchev–Trinajstić information content (AvgIpc) is 2.42. The summed E-state index contributed by atoms with van der Waals surface area (Å²) in [5, 5.41) is 12.7. The van der Waals surface area contributed by atoms with Gasteiger partial charge in [0.15, 0.2) is 0 Å². The second kappa shape index (κ2) is 8.08. The number of benzene rings is 1. The Morgan fingerprint density at radius 1 is 1.41 bits per heavy atom. The molecule has 22 heavy (non-hydrogen) atoms. The minimum atomic E-state index is -2.90. The predicted molar refractivity (Wildman–Crippen MR) is 77.6 cm³/mol. The molecule has 0 bridgehead atoms. The monoisotopic (exact) mass is 313 g/mol. The first-order chi connectivity index (χ1) is 10.5. The normalized spacial score (nSPS) is 16.2. The van der Waals surface area contributed by atoms with Crippen LogP contribution in [0.2, 0.25) is 0 Å². The molecule has 1 amide bonds. The van der Waals surface area contributed by atoms with E-state index in [1.54, 1.807) is 6.07 Å². The van der Waals surface area contributed by atoms with Crippen LogP contribution in [0.25, 0.3) is 0 Å². The predicted octanol–water partition coefficient (Wildman–Crippen LogP) is 3.02. The number of halogens is 2. The van der Waals surface area contributed by atoms with Crippen molar-refractivity contribution >= 4 is 5.91 Å². The summed E-state index contributed by atoms with van der Waals surface area (Å²) in [6, 6.07) is 5.86. The van der Waals surface area contributed by atoms with Crippen molar-refractivity contribution < 1.29 is 23.4 Å². The van der Waals surface area contributed by atoms with Gasteiger partial charge in [-0.15, -0.1) is 0 Å². The summed E-state index contributed by atoms with van der Waals surface area (Å²) in [5.41, 5.74) is 0.428. The SMILES string of the molecule is O=C(CCC1CCC1)NCC(O)c1cccc(OC(F)F)c1. The van der Waals surface area contributed by atoms with Crippen LogP contribution in [0.5, 0.6) is 5.75 Å². The molecule has 1 aromatic carbocycles. The third kappa shape index (κ3) is 5.26. The molecular formula is C16H21F2NO3. The molecule has 2 N–H and O–H groups in total. The number of ether oxygens (including phenoxy) is 1. The molecule has 6 heteroatoms. The Kier molecular flexibility index (Phi) is 6.12.